The molecule has 1 saturated carbocycles. The third-order valence-electron chi connectivity index (χ3n) is 10.8. The molecule has 3 aliphatic rings. The van der Waals surface area contributed by atoms with Crippen molar-refractivity contribution < 1.29 is 37.8 Å². The Labute approximate surface area is 317 Å². The fourth-order valence-electron chi connectivity index (χ4n) is 7.28. The van der Waals surface area contributed by atoms with Crippen LogP contribution in [-0.2, 0) is 43.2 Å². The maximum Gasteiger partial charge on any atom is 0.303 e. The highest BCUT2D eigenvalue weighted by Gasteiger charge is 2.48. The van der Waals surface area contributed by atoms with Crippen LogP contribution in [0, 0.1) is 11.8 Å². The van der Waals surface area contributed by atoms with E-state index in [4.69, 9.17) is 16.3 Å². The Bertz CT molecular complexity index is 1840. The van der Waals surface area contributed by atoms with E-state index in [9.17, 15) is 33.0 Å². The highest BCUT2D eigenvalue weighted by atomic mass is 35.5. The molecular formula is C38H52ClN5O8S. The van der Waals surface area contributed by atoms with Crippen molar-refractivity contribution in [3.05, 3.63) is 70.3 Å². The lowest BCUT2D eigenvalue weighted by atomic mass is 9.63. The van der Waals surface area contributed by atoms with Gasteiger partial charge in [-0.25, -0.2) is 4.72 Å². The van der Waals surface area contributed by atoms with Crippen molar-refractivity contribution in [1.29, 1.82) is 0 Å². The molecule has 2 heterocycles. The summed E-state index contributed by atoms with van der Waals surface area (Å²) in [6, 6.07) is 10.4. The standard InChI is InChI=1S/C38H52ClN5O8S/c1-41(2)34(45)22-37(48)17-7-9-18-43(5)35(46)23-38(49,36(47)40-53(50,51)42(3)4)29-13-16-33-32(21-29)44(24-27-12-15-31(27)37)19-8-6-10-26-20-30(39)14-11-28(26)25-52-33/h7,11,13-14,16-17,20-21,27,31,48-49H,6,8-10,12,15,18-19,22-25H2,1-5H3,(H,40,47)/b17-7+/t27-,31+,37+,38+/m0/s1. The summed E-state index contributed by atoms with van der Waals surface area (Å²) >= 11 is 6.36. The van der Waals surface area contributed by atoms with Gasteiger partial charge in [0.15, 0.2) is 5.60 Å². The molecule has 2 aromatic carbocycles. The zero-order valence-electron chi connectivity index (χ0n) is 31.2. The number of carbonyl (C=O) groups excluding carboxylic acids is 3. The van der Waals surface area contributed by atoms with Crippen molar-refractivity contribution in [3.63, 3.8) is 0 Å². The van der Waals surface area contributed by atoms with Crippen LogP contribution in [0.3, 0.4) is 0 Å². The molecular weight excluding hydrogens is 722 g/mol. The van der Waals surface area contributed by atoms with Gasteiger partial charge in [0.25, 0.3) is 5.91 Å². The molecule has 0 spiro atoms. The van der Waals surface area contributed by atoms with Gasteiger partial charge in [0.2, 0.25) is 11.8 Å². The van der Waals surface area contributed by atoms with Crippen LogP contribution >= 0.6 is 11.6 Å². The van der Waals surface area contributed by atoms with E-state index in [1.165, 1.54) is 37.0 Å². The van der Waals surface area contributed by atoms with E-state index in [2.05, 4.69) is 4.90 Å². The summed E-state index contributed by atoms with van der Waals surface area (Å²) in [4.78, 5) is 45.5. The first-order valence-electron chi connectivity index (χ1n) is 18.0. The number of ether oxygens (including phenoxy) is 1. The van der Waals surface area contributed by atoms with Gasteiger partial charge < -0.3 is 29.6 Å². The van der Waals surface area contributed by atoms with Crippen molar-refractivity contribution in [2.24, 2.45) is 11.8 Å². The van der Waals surface area contributed by atoms with Crippen LogP contribution in [0.4, 0.5) is 5.69 Å². The van der Waals surface area contributed by atoms with E-state index >= 15 is 0 Å². The minimum Gasteiger partial charge on any atom is -0.487 e. The zero-order valence-corrected chi connectivity index (χ0v) is 32.8. The maximum atomic E-state index is 13.9. The van der Waals surface area contributed by atoms with Gasteiger partial charge in [-0.15, -0.1) is 0 Å². The lowest BCUT2D eigenvalue weighted by Gasteiger charge is -2.48. The van der Waals surface area contributed by atoms with E-state index < -0.39 is 39.6 Å². The number of anilines is 1. The highest BCUT2D eigenvalue weighted by molar-refractivity contribution is 7.87. The number of hydrogen-bond acceptors (Lipinski definition) is 9. The van der Waals surface area contributed by atoms with Gasteiger partial charge in [-0.2, -0.15) is 12.7 Å². The second-order valence-electron chi connectivity index (χ2n) is 14.9. The van der Waals surface area contributed by atoms with Crippen LogP contribution < -0.4 is 14.4 Å². The molecule has 1 fully saturated rings. The van der Waals surface area contributed by atoms with E-state index in [-0.39, 0.29) is 42.9 Å². The summed E-state index contributed by atoms with van der Waals surface area (Å²) < 4.78 is 34.9. The number of amides is 3. The summed E-state index contributed by atoms with van der Waals surface area (Å²) in [6.45, 7) is 1.40. The number of aryl methyl sites for hydroxylation is 1. The summed E-state index contributed by atoms with van der Waals surface area (Å²) in [5, 5.41) is 25.1. The first-order valence-corrected chi connectivity index (χ1v) is 19.9. The molecule has 1 aliphatic carbocycles. The molecule has 4 atom stereocenters. The Kier molecular flexibility index (Phi) is 12.5. The normalized spacial score (nSPS) is 26.2. The number of benzene rings is 2. The molecule has 0 aromatic heterocycles. The lowest BCUT2D eigenvalue weighted by Crippen LogP contribution is -2.52. The topological polar surface area (TPSA) is 160 Å². The van der Waals surface area contributed by atoms with Gasteiger partial charge in [0.05, 0.1) is 24.1 Å². The van der Waals surface area contributed by atoms with Crippen molar-refractivity contribution >= 4 is 45.2 Å². The van der Waals surface area contributed by atoms with Crippen LogP contribution in [0.25, 0.3) is 0 Å². The molecule has 3 N–H and O–H groups in total. The molecule has 3 amide bonds. The Morgan fingerprint density at radius 2 is 1.79 bits per heavy atom. The van der Waals surface area contributed by atoms with E-state index in [0.717, 1.165) is 41.1 Å². The average Bonchev–Trinajstić information content (AvgIpc) is 3.10. The maximum absolute atomic E-state index is 13.9. The van der Waals surface area contributed by atoms with Crippen molar-refractivity contribution in [2.45, 2.75) is 69.2 Å². The van der Waals surface area contributed by atoms with Gasteiger partial charge in [0.1, 0.15) is 12.4 Å². The minimum absolute atomic E-state index is 0.0188. The monoisotopic (exact) mass is 773 g/mol. The number of aliphatic hydroxyl groups is 2. The summed E-state index contributed by atoms with van der Waals surface area (Å²) in [6.07, 6.45) is 6.81. The molecule has 2 bridgehead atoms. The van der Waals surface area contributed by atoms with E-state index in [1.807, 2.05) is 22.9 Å². The average molecular weight is 774 g/mol. The largest absolute Gasteiger partial charge is 0.487 e. The van der Waals surface area contributed by atoms with Gasteiger partial charge >= 0.3 is 10.2 Å². The second kappa shape index (κ2) is 16.4. The Morgan fingerprint density at radius 3 is 2.47 bits per heavy atom. The van der Waals surface area contributed by atoms with Gasteiger partial charge in [-0.1, -0.05) is 35.9 Å². The number of carbonyl (C=O) groups is 3. The molecule has 15 heteroatoms. The number of nitrogens with one attached hydrogen (secondary N) is 1. The third-order valence-corrected chi connectivity index (χ3v) is 12.5. The van der Waals surface area contributed by atoms with Crippen LogP contribution in [0.2, 0.25) is 5.02 Å². The summed E-state index contributed by atoms with van der Waals surface area (Å²) in [5.74, 6) is -1.89. The lowest BCUT2D eigenvalue weighted by molar-refractivity contribution is -0.148. The fraction of sp³-hybridized carbons (Fsp3) is 0.553. The minimum atomic E-state index is -4.33. The predicted octanol–water partition coefficient (Wildman–Crippen LogP) is 3.22. The van der Waals surface area contributed by atoms with Crippen LogP contribution in [-0.4, -0.2) is 111 Å². The number of hydrogen-bond donors (Lipinski definition) is 3. The quantitative estimate of drug-likeness (QED) is 0.388. The van der Waals surface area contributed by atoms with Crippen LogP contribution in [0.15, 0.2) is 48.6 Å². The third kappa shape index (κ3) is 9.17. The van der Waals surface area contributed by atoms with Crippen LogP contribution in [0.1, 0.15) is 61.6 Å². The first kappa shape index (κ1) is 40.5. The van der Waals surface area contributed by atoms with Crippen molar-refractivity contribution in [2.75, 3.05) is 59.8 Å². The molecule has 0 saturated heterocycles. The SMILES string of the molecule is CN(C)C(=O)C[C@]1(O)/C=C/CCN(C)C(=O)C[C@](O)(C(=O)NS(=O)(=O)N(C)C)c2ccc3c(c2)N(CCCCc2cc(Cl)ccc2CO3)C[C@@H]2CC[C@H]21. The van der Waals surface area contributed by atoms with Crippen molar-refractivity contribution in [1.82, 2.24) is 18.8 Å². The molecule has 0 radical (unpaired) electrons. The Morgan fingerprint density at radius 1 is 1.04 bits per heavy atom. The summed E-state index contributed by atoms with van der Waals surface area (Å²) in [5.41, 5.74) is -1.40. The number of halogens is 1. The van der Waals surface area contributed by atoms with E-state index in [1.54, 1.807) is 38.4 Å². The highest BCUT2D eigenvalue weighted by Crippen LogP contribution is 2.46. The number of nitrogens with zero attached hydrogens (tertiary/aromatic N) is 4. The Hall–Kier alpha value is -3.69. The fourth-order valence-corrected chi connectivity index (χ4v) is 8.06. The molecule has 5 rings (SSSR count). The molecule has 0 unspecified atom stereocenters. The predicted molar refractivity (Wildman–Crippen MR) is 203 cm³/mol. The van der Waals surface area contributed by atoms with Gasteiger partial charge in [0, 0.05) is 59.9 Å². The van der Waals surface area contributed by atoms with Gasteiger partial charge in [-0.05, 0) is 91.3 Å². The van der Waals surface area contributed by atoms with Crippen molar-refractivity contribution in [3.8, 4) is 5.75 Å². The number of rotatable bonds is 5. The summed E-state index contributed by atoms with van der Waals surface area (Å²) in [7, 11) is 3.01. The second-order valence-corrected chi connectivity index (χ2v) is 17.3. The number of fused-ring (bicyclic) bond motifs is 3. The zero-order chi connectivity index (χ0) is 38.7. The van der Waals surface area contributed by atoms with Gasteiger partial charge in [-0.3, -0.25) is 14.4 Å². The molecule has 2 aliphatic heterocycles. The Balaban J connectivity index is 1.65. The molecule has 290 valence electrons. The molecule has 53 heavy (non-hydrogen) atoms. The van der Waals surface area contributed by atoms with E-state index in [0.29, 0.717) is 42.4 Å². The first-order chi connectivity index (χ1) is 24.9. The smallest absolute Gasteiger partial charge is 0.303 e. The van der Waals surface area contributed by atoms with Crippen LogP contribution in [0.5, 0.6) is 5.75 Å². The molecule has 13 nitrogen and oxygen atoms in total. The molecule has 2 aromatic rings.